The van der Waals surface area contributed by atoms with Crippen LogP contribution in [-0.2, 0) is 30.5 Å². The Balaban J connectivity index is 1.40. The maximum absolute atomic E-state index is 13.7. The second-order valence-electron chi connectivity index (χ2n) is 10.4. The van der Waals surface area contributed by atoms with E-state index in [2.05, 4.69) is 0 Å². The number of benzene rings is 2. The van der Waals surface area contributed by atoms with E-state index in [1.807, 2.05) is 78.8 Å². The molecule has 2 aromatic carbocycles. The summed E-state index contributed by atoms with van der Waals surface area (Å²) >= 11 is 1.45. The highest BCUT2D eigenvalue weighted by atomic mass is 32.2. The van der Waals surface area contributed by atoms with Crippen molar-refractivity contribution < 1.29 is 23.9 Å². The molecule has 0 unspecified atom stereocenters. The number of carbonyl (C=O) groups is 3. The maximum atomic E-state index is 13.7. The molecule has 8 nitrogen and oxygen atoms in total. The Labute approximate surface area is 245 Å². The Morgan fingerprint density at radius 3 is 2.54 bits per heavy atom. The maximum Gasteiger partial charge on any atom is 0.338 e. The highest BCUT2D eigenvalue weighted by Crippen LogP contribution is 2.45. The van der Waals surface area contributed by atoms with Gasteiger partial charge in [0, 0.05) is 18.8 Å². The van der Waals surface area contributed by atoms with E-state index in [0.29, 0.717) is 31.0 Å². The average molecular weight is 574 g/mol. The Morgan fingerprint density at radius 1 is 1.02 bits per heavy atom. The van der Waals surface area contributed by atoms with E-state index in [0.717, 1.165) is 40.4 Å². The highest BCUT2D eigenvalue weighted by molar-refractivity contribution is 8.16. The van der Waals surface area contributed by atoms with Gasteiger partial charge in [-0.25, -0.2) is 9.79 Å². The van der Waals surface area contributed by atoms with Crippen molar-refractivity contribution in [3.63, 3.8) is 0 Å². The number of rotatable bonds is 8. The largest absolute Gasteiger partial charge is 0.466 e. The molecule has 0 aliphatic carbocycles. The monoisotopic (exact) mass is 573 g/mol. The average Bonchev–Trinajstić information content (AvgIpc) is 3.38. The lowest BCUT2D eigenvalue weighted by molar-refractivity contribution is -0.151. The molecule has 1 fully saturated rings. The van der Waals surface area contributed by atoms with Crippen molar-refractivity contribution in [1.82, 2.24) is 9.80 Å². The van der Waals surface area contributed by atoms with Gasteiger partial charge in [-0.15, -0.1) is 0 Å². The number of nitrogens with zero attached hydrogens (tertiary/aromatic N) is 3. The Bertz CT molecular complexity index is 1420. The summed E-state index contributed by atoms with van der Waals surface area (Å²) in [5.74, 6) is -1.04. The fourth-order valence-electron chi connectivity index (χ4n) is 5.54. The van der Waals surface area contributed by atoms with Gasteiger partial charge in [-0.3, -0.25) is 9.59 Å². The van der Waals surface area contributed by atoms with Crippen LogP contribution in [0.25, 0.3) is 0 Å². The van der Waals surface area contributed by atoms with E-state index < -0.39 is 12.0 Å². The standard InChI is InChI=1S/C32H35N3O5S/c1-4-39-30(37)24-14-10-16-34(18-24)27(36)17-25-20-41-32-33-22(3)28(31(38)40-19-23-12-6-5-7-13-23)29(35(25)32)26-15-9-8-11-21(26)2/h5-9,11-13,15,20,24,29H,4,10,14,16-19H2,1-3H3/t24-,29-/m0/s1. The van der Waals surface area contributed by atoms with Gasteiger partial charge in [0.25, 0.3) is 0 Å². The van der Waals surface area contributed by atoms with Gasteiger partial charge in [0.15, 0.2) is 5.17 Å². The molecule has 2 aromatic rings. The summed E-state index contributed by atoms with van der Waals surface area (Å²) < 4.78 is 11.0. The van der Waals surface area contributed by atoms with Crippen LogP contribution in [0.2, 0.25) is 0 Å². The third-order valence-corrected chi connectivity index (χ3v) is 8.53. The number of fused-ring (bicyclic) bond motifs is 1. The lowest BCUT2D eigenvalue weighted by atomic mass is 9.91. The lowest BCUT2D eigenvalue weighted by Gasteiger charge is -2.38. The summed E-state index contributed by atoms with van der Waals surface area (Å²) in [6.45, 7) is 7.08. The number of hydrogen-bond donors (Lipinski definition) is 0. The number of ether oxygens (including phenoxy) is 2. The number of thioether (sulfide) groups is 1. The molecule has 2 atom stereocenters. The van der Waals surface area contributed by atoms with E-state index in [1.165, 1.54) is 11.8 Å². The molecule has 5 rings (SSSR count). The van der Waals surface area contributed by atoms with Crippen LogP contribution in [0.15, 0.2) is 82.0 Å². The molecular weight excluding hydrogens is 538 g/mol. The van der Waals surface area contributed by atoms with Crippen LogP contribution in [0, 0.1) is 12.8 Å². The Hall–Kier alpha value is -3.85. The quantitative estimate of drug-likeness (QED) is 0.385. The van der Waals surface area contributed by atoms with Gasteiger partial charge in [-0.05, 0) is 55.7 Å². The number of piperidine rings is 1. The summed E-state index contributed by atoms with van der Waals surface area (Å²) in [6.07, 6.45) is 1.61. The summed E-state index contributed by atoms with van der Waals surface area (Å²) in [4.78, 5) is 48.1. The molecular formula is C32H35N3O5S. The van der Waals surface area contributed by atoms with Gasteiger partial charge < -0.3 is 19.3 Å². The first-order valence-electron chi connectivity index (χ1n) is 14.0. The molecule has 3 aliphatic heterocycles. The molecule has 0 bridgehead atoms. The molecule has 3 heterocycles. The molecule has 9 heteroatoms. The van der Waals surface area contributed by atoms with Crippen LogP contribution in [0.3, 0.4) is 0 Å². The number of allylic oxidation sites excluding steroid dienone is 1. The minimum absolute atomic E-state index is 0.0601. The first-order valence-corrected chi connectivity index (χ1v) is 14.9. The summed E-state index contributed by atoms with van der Waals surface area (Å²) in [6, 6.07) is 17.0. The van der Waals surface area contributed by atoms with Crippen LogP contribution >= 0.6 is 11.8 Å². The fourth-order valence-corrected chi connectivity index (χ4v) is 6.51. The highest BCUT2D eigenvalue weighted by Gasteiger charge is 2.42. The van der Waals surface area contributed by atoms with Crippen molar-refractivity contribution in [2.24, 2.45) is 10.9 Å². The van der Waals surface area contributed by atoms with Gasteiger partial charge in [-0.2, -0.15) is 0 Å². The second kappa shape index (κ2) is 12.8. The van der Waals surface area contributed by atoms with Gasteiger partial charge >= 0.3 is 11.9 Å². The van der Waals surface area contributed by atoms with E-state index >= 15 is 0 Å². The summed E-state index contributed by atoms with van der Waals surface area (Å²) in [5, 5.41) is 2.67. The van der Waals surface area contributed by atoms with Crippen molar-refractivity contribution in [2.75, 3.05) is 19.7 Å². The van der Waals surface area contributed by atoms with Gasteiger partial charge in [0.2, 0.25) is 5.91 Å². The van der Waals surface area contributed by atoms with E-state index in [9.17, 15) is 14.4 Å². The Morgan fingerprint density at radius 2 is 1.78 bits per heavy atom. The van der Waals surface area contributed by atoms with Gasteiger partial charge in [-0.1, -0.05) is 66.4 Å². The Kier molecular flexibility index (Phi) is 8.93. The van der Waals surface area contributed by atoms with E-state index in [1.54, 1.807) is 11.8 Å². The zero-order valence-corrected chi connectivity index (χ0v) is 24.5. The predicted molar refractivity (Wildman–Crippen MR) is 158 cm³/mol. The molecule has 0 saturated carbocycles. The first kappa shape index (κ1) is 28.7. The van der Waals surface area contributed by atoms with Crippen LogP contribution < -0.4 is 0 Å². The van der Waals surface area contributed by atoms with Crippen LogP contribution in [-0.4, -0.2) is 52.5 Å². The number of aliphatic imine (C=N–C) groups is 1. The SMILES string of the molecule is CCOC(=O)[C@H]1CCCN(C(=O)CC2=CSC3=NC(C)=C(C(=O)OCc4ccccc4)[C@H](c4ccccc4C)N23)C1. The van der Waals surface area contributed by atoms with Crippen LogP contribution in [0.1, 0.15) is 55.8 Å². The van der Waals surface area contributed by atoms with Crippen molar-refractivity contribution in [1.29, 1.82) is 0 Å². The summed E-state index contributed by atoms with van der Waals surface area (Å²) in [5.41, 5.74) is 4.70. The molecule has 0 radical (unpaired) electrons. The predicted octanol–water partition coefficient (Wildman–Crippen LogP) is 5.51. The molecule has 1 amide bonds. The zero-order valence-electron chi connectivity index (χ0n) is 23.7. The molecule has 0 aromatic heterocycles. The molecule has 3 aliphatic rings. The lowest BCUT2D eigenvalue weighted by Crippen LogP contribution is -2.44. The van der Waals surface area contributed by atoms with Crippen molar-refractivity contribution in [3.8, 4) is 0 Å². The smallest absolute Gasteiger partial charge is 0.338 e. The number of esters is 2. The van der Waals surface area contributed by atoms with Crippen molar-refractivity contribution in [3.05, 3.63) is 93.7 Å². The zero-order chi connectivity index (χ0) is 28.9. The minimum Gasteiger partial charge on any atom is -0.466 e. The third-order valence-electron chi connectivity index (χ3n) is 7.64. The third kappa shape index (κ3) is 6.25. The number of amidine groups is 1. The normalized spacial score (nSPS) is 20.3. The molecule has 0 N–H and O–H groups in total. The first-order chi connectivity index (χ1) is 19.9. The van der Waals surface area contributed by atoms with Crippen molar-refractivity contribution in [2.45, 2.75) is 52.7 Å². The number of amides is 1. The molecule has 1 saturated heterocycles. The number of carbonyl (C=O) groups excluding carboxylic acids is 3. The topological polar surface area (TPSA) is 88.5 Å². The minimum atomic E-state index is -0.491. The second-order valence-corrected chi connectivity index (χ2v) is 11.3. The number of hydrogen-bond acceptors (Lipinski definition) is 8. The van der Waals surface area contributed by atoms with Crippen molar-refractivity contribution >= 4 is 34.8 Å². The number of aryl methyl sites for hydroxylation is 1. The number of likely N-dealkylation sites (tertiary alicyclic amines) is 1. The molecule has 0 spiro atoms. The van der Waals surface area contributed by atoms with E-state index in [-0.39, 0.29) is 30.8 Å². The fraction of sp³-hybridized carbons (Fsp3) is 0.375. The summed E-state index contributed by atoms with van der Waals surface area (Å²) in [7, 11) is 0. The van der Waals surface area contributed by atoms with Gasteiger partial charge in [0.05, 0.1) is 36.3 Å². The molecule has 41 heavy (non-hydrogen) atoms. The molecule has 214 valence electrons. The van der Waals surface area contributed by atoms with Crippen LogP contribution in [0.4, 0.5) is 0 Å². The van der Waals surface area contributed by atoms with Crippen LogP contribution in [0.5, 0.6) is 0 Å². The van der Waals surface area contributed by atoms with E-state index in [4.69, 9.17) is 14.5 Å². The van der Waals surface area contributed by atoms with Gasteiger partial charge in [0.1, 0.15) is 6.61 Å².